The summed E-state index contributed by atoms with van der Waals surface area (Å²) in [6.07, 6.45) is 1.66. The van der Waals surface area contributed by atoms with Crippen molar-refractivity contribution in [2.75, 3.05) is 0 Å². The quantitative estimate of drug-likeness (QED) is 0.886. The van der Waals surface area contributed by atoms with Crippen LogP contribution < -0.4 is 4.83 Å². The van der Waals surface area contributed by atoms with E-state index in [2.05, 4.69) is 9.93 Å². The van der Waals surface area contributed by atoms with Crippen LogP contribution in [0.4, 0.5) is 0 Å². The van der Waals surface area contributed by atoms with E-state index in [-0.39, 0.29) is 4.90 Å². The topological polar surface area (TPSA) is 58.5 Å². The summed E-state index contributed by atoms with van der Waals surface area (Å²) in [5.41, 5.74) is 4.06. The Kier molecular flexibility index (Phi) is 3.51. The van der Waals surface area contributed by atoms with Crippen molar-refractivity contribution in [2.24, 2.45) is 5.10 Å². The number of hydrazone groups is 1. The standard InChI is InChI=1S/C16H16N2O2S/c1-12-6-9-14(10-7-12)21(19,20)18-17-16-11-8-13-4-2-3-5-15(13)16/h2-7,9-10,18H,8,11H2,1H3/b17-16+. The molecule has 0 radical (unpaired) electrons. The van der Waals surface area contributed by atoms with E-state index in [1.165, 1.54) is 5.56 Å². The van der Waals surface area contributed by atoms with E-state index >= 15 is 0 Å². The predicted molar refractivity (Wildman–Crippen MR) is 82.8 cm³/mol. The van der Waals surface area contributed by atoms with Gasteiger partial charge in [0.25, 0.3) is 10.0 Å². The minimum atomic E-state index is -3.60. The number of benzene rings is 2. The Morgan fingerprint density at radius 3 is 2.48 bits per heavy atom. The average Bonchev–Trinajstić information content (AvgIpc) is 2.89. The highest BCUT2D eigenvalue weighted by atomic mass is 32.2. The minimum absolute atomic E-state index is 0.226. The van der Waals surface area contributed by atoms with E-state index in [1.54, 1.807) is 24.3 Å². The minimum Gasteiger partial charge on any atom is -0.200 e. The van der Waals surface area contributed by atoms with E-state index in [0.717, 1.165) is 29.7 Å². The maximum absolute atomic E-state index is 12.2. The van der Waals surface area contributed by atoms with Gasteiger partial charge in [-0.3, -0.25) is 0 Å². The van der Waals surface area contributed by atoms with Crippen molar-refractivity contribution >= 4 is 15.7 Å². The van der Waals surface area contributed by atoms with Crippen molar-refractivity contribution in [2.45, 2.75) is 24.7 Å². The maximum atomic E-state index is 12.2. The van der Waals surface area contributed by atoms with Gasteiger partial charge in [-0.15, -0.1) is 0 Å². The summed E-state index contributed by atoms with van der Waals surface area (Å²) in [5.74, 6) is 0. The molecule has 0 fully saturated rings. The van der Waals surface area contributed by atoms with Crippen LogP contribution in [0.2, 0.25) is 0 Å². The molecule has 1 aliphatic rings. The highest BCUT2D eigenvalue weighted by Crippen LogP contribution is 2.22. The first kappa shape index (κ1) is 13.8. The molecule has 1 N–H and O–H groups in total. The van der Waals surface area contributed by atoms with Crippen molar-refractivity contribution in [1.29, 1.82) is 0 Å². The Morgan fingerprint density at radius 1 is 1.00 bits per heavy atom. The van der Waals surface area contributed by atoms with Crippen molar-refractivity contribution in [3.05, 3.63) is 65.2 Å². The van der Waals surface area contributed by atoms with Gasteiger partial charge < -0.3 is 0 Å². The third-order valence-corrected chi connectivity index (χ3v) is 4.82. The van der Waals surface area contributed by atoms with Gasteiger partial charge in [0.1, 0.15) is 0 Å². The molecular formula is C16H16N2O2S. The molecule has 0 spiro atoms. The molecule has 0 saturated heterocycles. The van der Waals surface area contributed by atoms with E-state index < -0.39 is 10.0 Å². The Hall–Kier alpha value is -2.14. The van der Waals surface area contributed by atoms with Crippen LogP contribution in [0.3, 0.4) is 0 Å². The monoisotopic (exact) mass is 300 g/mol. The van der Waals surface area contributed by atoms with Gasteiger partial charge in [0, 0.05) is 5.56 Å². The molecule has 3 rings (SSSR count). The first-order valence-corrected chi connectivity index (χ1v) is 8.28. The number of sulfonamides is 1. The molecule has 0 amide bonds. The van der Waals surface area contributed by atoms with Gasteiger partial charge in [-0.2, -0.15) is 18.4 Å². The predicted octanol–water partition coefficient (Wildman–Crippen LogP) is 2.62. The van der Waals surface area contributed by atoms with Crippen LogP contribution in [0.5, 0.6) is 0 Å². The molecule has 0 atom stereocenters. The Morgan fingerprint density at radius 2 is 1.71 bits per heavy atom. The fraction of sp³-hybridized carbons (Fsp3) is 0.188. The maximum Gasteiger partial charge on any atom is 0.276 e. The number of aryl methyl sites for hydroxylation is 2. The summed E-state index contributed by atoms with van der Waals surface area (Å²) >= 11 is 0. The SMILES string of the molecule is Cc1ccc(S(=O)(=O)N/N=C2\CCc3ccccc32)cc1. The smallest absolute Gasteiger partial charge is 0.200 e. The summed E-state index contributed by atoms with van der Waals surface area (Å²) in [5, 5.41) is 4.11. The summed E-state index contributed by atoms with van der Waals surface area (Å²) in [6, 6.07) is 14.7. The van der Waals surface area contributed by atoms with Crippen LogP contribution in [-0.2, 0) is 16.4 Å². The van der Waals surface area contributed by atoms with Crippen LogP contribution >= 0.6 is 0 Å². The molecule has 5 heteroatoms. The van der Waals surface area contributed by atoms with Crippen LogP contribution in [0.25, 0.3) is 0 Å². The number of hydrogen-bond donors (Lipinski definition) is 1. The van der Waals surface area contributed by atoms with Crippen LogP contribution in [-0.4, -0.2) is 14.1 Å². The normalized spacial score (nSPS) is 16.0. The first-order chi connectivity index (χ1) is 10.1. The lowest BCUT2D eigenvalue weighted by molar-refractivity contribution is 0.584. The fourth-order valence-electron chi connectivity index (χ4n) is 2.41. The number of nitrogens with one attached hydrogen (secondary N) is 1. The summed E-state index contributed by atoms with van der Waals surface area (Å²) < 4.78 is 24.4. The van der Waals surface area contributed by atoms with Gasteiger partial charge in [0.15, 0.2) is 0 Å². The van der Waals surface area contributed by atoms with Gasteiger partial charge in [-0.25, -0.2) is 0 Å². The molecule has 0 aromatic heterocycles. The van der Waals surface area contributed by atoms with Gasteiger partial charge in [0.05, 0.1) is 10.6 Å². The summed E-state index contributed by atoms with van der Waals surface area (Å²) in [6.45, 7) is 1.92. The highest BCUT2D eigenvalue weighted by Gasteiger charge is 2.18. The molecule has 0 saturated carbocycles. The van der Waals surface area contributed by atoms with Gasteiger partial charge >= 0.3 is 0 Å². The highest BCUT2D eigenvalue weighted by molar-refractivity contribution is 7.89. The van der Waals surface area contributed by atoms with Crippen molar-refractivity contribution < 1.29 is 8.42 Å². The molecule has 21 heavy (non-hydrogen) atoms. The van der Waals surface area contributed by atoms with Crippen molar-refractivity contribution in [1.82, 2.24) is 4.83 Å². The average molecular weight is 300 g/mol. The second-order valence-electron chi connectivity index (χ2n) is 5.12. The lowest BCUT2D eigenvalue weighted by Gasteiger charge is -2.05. The fourth-order valence-corrected chi connectivity index (χ4v) is 3.24. The molecule has 108 valence electrons. The zero-order chi connectivity index (χ0) is 14.9. The molecule has 0 unspecified atom stereocenters. The van der Waals surface area contributed by atoms with Crippen molar-refractivity contribution in [3.8, 4) is 0 Å². The van der Waals surface area contributed by atoms with Gasteiger partial charge in [0.2, 0.25) is 0 Å². The molecule has 4 nitrogen and oxygen atoms in total. The largest absolute Gasteiger partial charge is 0.276 e. The van der Waals surface area contributed by atoms with Crippen molar-refractivity contribution in [3.63, 3.8) is 0 Å². The lowest BCUT2D eigenvalue weighted by atomic mass is 10.1. The van der Waals surface area contributed by atoms with E-state index in [4.69, 9.17) is 0 Å². The van der Waals surface area contributed by atoms with E-state index in [1.807, 2.05) is 31.2 Å². The lowest BCUT2D eigenvalue weighted by Crippen LogP contribution is -2.20. The van der Waals surface area contributed by atoms with Crippen LogP contribution in [0.1, 0.15) is 23.1 Å². The number of fused-ring (bicyclic) bond motifs is 1. The number of hydrogen-bond acceptors (Lipinski definition) is 3. The van der Waals surface area contributed by atoms with Crippen LogP contribution in [0, 0.1) is 6.92 Å². The Balaban J connectivity index is 1.85. The number of nitrogens with zero attached hydrogens (tertiary/aromatic N) is 1. The first-order valence-electron chi connectivity index (χ1n) is 6.79. The molecule has 2 aromatic carbocycles. The molecule has 2 aromatic rings. The number of rotatable bonds is 3. The molecular weight excluding hydrogens is 284 g/mol. The Bertz CT molecular complexity index is 793. The third-order valence-electron chi connectivity index (χ3n) is 3.59. The zero-order valence-electron chi connectivity index (χ0n) is 11.7. The Labute approximate surface area is 124 Å². The van der Waals surface area contributed by atoms with E-state index in [0.29, 0.717) is 0 Å². The van der Waals surface area contributed by atoms with Gasteiger partial charge in [-0.05, 0) is 37.5 Å². The zero-order valence-corrected chi connectivity index (χ0v) is 12.5. The third kappa shape index (κ3) is 2.83. The summed E-state index contributed by atoms with van der Waals surface area (Å²) in [4.78, 5) is 2.56. The summed E-state index contributed by atoms with van der Waals surface area (Å²) in [7, 11) is -3.60. The second-order valence-corrected chi connectivity index (χ2v) is 6.78. The van der Waals surface area contributed by atoms with E-state index in [9.17, 15) is 8.42 Å². The second kappa shape index (κ2) is 5.33. The molecule has 0 bridgehead atoms. The molecule has 0 heterocycles. The molecule has 0 aliphatic heterocycles. The van der Waals surface area contributed by atoms with Gasteiger partial charge in [-0.1, -0.05) is 42.0 Å². The molecule has 1 aliphatic carbocycles. The van der Waals surface area contributed by atoms with Crippen LogP contribution in [0.15, 0.2) is 58.5 Å².